The average Bonchev–Trinajstić information content (AvgIpc) is 3.45. The van der Waals surface area contributed by atoms with Crippen LogP contribution >= 0.6 is 0 Å². The lowest BCUT2D eigenvalue weighted by Crippen LogP contribution is -2.10. The number of aromatic nitrogens is 6. The summed E-state index contributed by atoms with van der Waals surface area (Å²) in [7, 11) is 0. The van der Waals surface area contributed by atoms with Crippen LogP contribution in [0, 0.1) is 0 Å². The summed E-state index contributed by atoms with van der Waals surface area (Å²) in [5.74, 6) is 0.421. The minimum absolute atomic E-state index is 0.129. The van der Waals surface area contributed by atoms with Gasteiger partial charge < -0.3 is 10.1 Å². The van der Waals surface area contributed by atoms with Crippen LogP contribution in [-0.2, 0) is 0 Å². The summed E-state index contributed by atoms with van der Waals surface area (Å²) in [6, 6.07) is 24.2. The molecule has 6 rings (SSSR count). The molecule has 6 aromatic rings. The number of benzene rings is 1. The highest BCUT2D eigenvalue weighted by Gasteiger charge is 2.25. The third-order valence-electron chi connectivity index (χ3n) is 6.00. The quantitative estimate of drug-likeness (QED) is 0.424. The Hall–Kier alpha value is -4.52. The highest BCUT2D eigenvalue weighted by molar-refractivity contribution is 5.98. The fraction of sp³-hybridized carbons (Fsp3) is 0.0769. The number of nitrogens with zero attached hydrogens (tertiary/aromatic N) is 6. The number of pyridine rings is 2. The molecule has 5 aromatic heterocycles. The smallest absolute Gasteiger partial charge is 0.164 e. The number of fused-ring (bicyclic) bond motifs is 2. The van der Waals surface area contributed by atoms with Gasteiger partial charge in [0.15, 0.2) is 5.65 Å². The van der Waals surface area contributed by atoms with Crippen LogP contribution in [0.25, 0.3) is 39.2 Å². The Kier molecular flexibility index (Phi) is 4.40. The van der Waals surface area contributed by atoms with Crippen molar-refractivity contribution in [2.45, 2.75) is 13.0 Å². The first-order chi connectivity index (χ1) is 16.2. The minimum atomic E-state index is -0.129. The van der Waals surface area contributed by atoms with E-state index in [1.54, 1.807) is 0 Å². The van der Waals surface area contributed by atoms with E-state index >= 15 is 0 Å². The summed E-state index contributed by atoms with van der Waals surface area (Å²) in [4.78, 5) is 13.5. The summed E-state index contributed by atoms with van der Waals surface area (Å²) in [5, 5.41) is 5.77. The van der Waals surface area contributed by atoms with Gasteiger partial charge in [0, 0.05) is 29.0 Å². The summed E-state index contributed by atoms with van der Waals surface area (Å²) >= 11 is 0. The molecule has 0 radical (unpaired) electrons. The first-order valence-electron chi connectivity index (χ1n) is 10.8. The molecule has 160 valence electrons. The third kappa shape index (κ3) is 3.05. The van der Waals surface area contributed by atoms with Gasteiger partial charge in [0.1, 0.15) is 17.8 Å². The van der Waals surface area contributed by atoms with Gasteiger partial charge in [-0.25, -0.2) is 14.6 Å². The molecule has 0 saturated heterocycles. The number of rotatable bonds is 4. The lowest BCUT2D eigenvalue weighted by Gasteiger charge is -2.15. The number of nitrogen functional groups attached to an aromatic ring is 1. The van der Waals surface area contributed by atoms with Crippen molar-refractivity contribution in [3.8, 4) is 22.6 Å². The number of hydrogen-bond donors (Lipinski definition) is 1. The van der Waals surface area contributed by atoms with Crippen LogP contribution in [0.5, 0.6) is 0 Å². The molecule has 5 heterocycles. The molecule has 1 aromatic carbocycles. The predicted octanol–water partition coefficient (Wildman–Crippen LogP) is 5.00. The van der Waals surface area contributed by atoms with Gasteiger partial charge in [-0.3, -0.25) is 4.98 Å². The van der Waals surface area contributed by atoms with Gasteiger partial charge >= 0.3 is 0 Å². The fourth-order valence-corrected chi connectivity index (χ4v) is 4.43. The number of nitrogens with two attached hydrogens (primary N) is 1. The maximum Gasteiger partial charge on any atom is 0.164 e. The van der Waals surface area contributed by atoms with E-state index < -0.39 is 0 Å². The molecule has 0 bridgehead atoms. The van der Waals surface area contributed by atoms with Gasteiger partial charge in [0.25, 0.3) is 0 Å². The molecule has 0 spiro atoms. The van der Waals surface area contributed by atoms with Gasteiger partial charge in [0.2, 0.25) is 0 Å². The molecular formula is C26H21N7. The van der Waals surface area contributed by atoms with E-state index in [9.17, 15) is 0 Å². The number of anilines is 1. The van der Waals surface area contributed by atoms with Crippen molar-refractivity contribution in [3.05, 3.63) is 97.1 Å². The van der Waals surface area contributed by atoms with Crippen molar-refractivity contribution in [2.24, 2.45) is 0 Å². The molecule has 1 unspecified atom stereocenters. The average molecular weight is 432 g/mol. The summed E-state index contributed by atoms with van der Waals surface area (Å²) in [5.41, 5.74) is 12.9. The monoisotopic (exact) mass is 431 g/mol. The summed E-state index contributed by atoms with van der Waals surface area (Å²) in [6.07, 6.45) is 5.37. The van der Waals surface area contributed by atoms with Crippen molar-refractivity contribution in [1.82, 2.24) is 29.1 Å². The van der Waals surface area contributed by atoms with Crippen LogP contribution in [0.4, 0.5) is 5.82 Å². The zero-order chi connectivity index (χ0) is 22.4. The van der Waals surface area contributed by atoms with E-state index in [4.69, 9.17) is 10.8 Å². The molecule has 0 saturated carbocycles. The highest BCUT2D eigenvalue weighted by atomic mass is 15.3. The first-order valence-corrected chi connectivity index (χ1v) is 10.8. The largest absolute Gasteiger partial charge is 0.383 e. The molecule has 33 heavy (non-hydrogen) atoms. The minimum Gasteiger partial charge on any atom is -0.383 e. The molecule has 7 nitrogen and oxygen atoms in total. The second kappa shape index (κ2) is 7.56. The van der Waals surface area contributed by atoms with E-state index in [-0.39, 0.29) is 6.04 Å². The van der Waals surface area contributed by atoms with Gasteiger partial charge in [-0.15, -0.1) is 0 Å². The Morgan fingerprint density at radius 2 is 1.70 bits per heavy atom. The maximum absolute atomic E-state index is 6.31. The van der Waals surface area contributed by atoms with Crippen LogP contribution in [0.2, 0.25) is 0 Å². The Morgan fingerprint density at radius 1 is 0.879 bits per heavy atom. The van der Waals surface area contributed by atoms with Gasteiger partial charge in [-0.1, -0.05) is 42.5 Å². The van der Waals surface area contributed by atoms with Crippen LogP contribution < -0.4 is 5.73 Å². The lowest BCUT2D eigenvalue weighted by molar-refractivity contribution is 0.582. The van der Waals surface area contributed by atoms with Crippen molar-refractivity contribution in [1.29, 1.82) is 0 Å². The molecule has 0 amide bonds. The van der Waals surface area contributed by atoms with E-state index in [1.165, 1.54) is 6.33 Å². The Bertz CT molecular complexity index is 1580. The van der Waals surface area contributed by atoms with Crippen LogP contribution in [-0.4, -0.2) is 29.1 Å². The molecule has 7 heteroatoms. The lowest BCUT2D eigenvalue weighted by atomic mass is 10.1. The molecule has 0 fully saturated rings. The van der Waals surface area contributed by atoms with Crippen LogP contribution in [0.1, 0.15) is 18.5 Å². The molecule has 0 aliphatic carbocycles. The van der Waals surface area contributed by atoms with Crippen molar-refractivity contribution in [3.63, 3.8) is 0 Å². The second-order valence-corrected chi connectivity index (χ2v) is 7.95. The molecule has 2 N–H and O–H groups in total. The first kappa shape index (κ1) is 19.2. The maximum atomic E-state index is 6.31. The van der Waals surface area contributed by atoms with E-state index in [0.717, 1.165) is 39.1 Å². The fourth-order valence-electron chi connectivity index (χ4n) is 4.43. The zero-order valence-corrected chi connectivity index (χ0v) is 18.0. The second-order valence-electron chi connectivity index (χ2n) is 7.95. The zero-order valence-electron chi connectivity index (χ0n) is 18.0. The number of hydrogen-bond acceptors (Lipinski definition) is 5. The SMILES string of the molecule is CC(c1cc2ccccn2c1-c1ccccn1)n1nc(-c2ccccc2)c2c(N)ncnc21. The van der Waals surface area contributed by atoms with E-state index in [2.05, 4.69) is 44.6 Å². The summed E-state index contributed by atoms with van der Waals surface area (Å²) in [6.45, 7) is 2.13. The Labute approximate surface area is 190 Å². The molecule has 0 aliphatic heterocycles. The van der Waals surface area contributed by atoms with Crippen molar-refractivity contribution < 1.29 is 0 Å². The Balaban J connectivity index is 1.61. The standard InChI is InChI=1S/C26H21N7/c1-17(20-15-19-11-6-8-14-32(19)24(20)21-12-5-7-13-28-21)33-26-22(25(27)29-16-30-26)23(31-33)18-9-3-2-4-10-18/h2-17H,1H3,(H2,27,29,30). The third-order valence-corrected chi connectivity index (χ3v) is 6.00. The van der Waals surface area contributed by atoms with E-state index in [0.29, 0.717) is 11.5 Å². The summed E-state index contributed by atoms with van der Waals surface area (Å²) < 4.78 is 4.11. The van der Waals surface area contributed by atoms with Gasteiger partial charge in [0.05, 0.1) is 22.8 Å². The highest BCUT2D eigenvalue weighted by Crippen LogP contribution is 2.36. The van der Waals surface area contributed by atoms with Crippen LogP contribution in [0.3, 0.4) is 0 Å². The van der Waals surface area contributed by atoms with E-state index in [1.807, 2.05) is 71.5 Å². The van der Waals surface area contributed by atoms with Crippen molar-refractivity contribution >= 4 is 22.4 Å². The molecule has 0 aliphatic rings. The predicted molar refractivity (Wildman–Crippen MR) is 130 cm³/mol. The van der Waals surface area contributed by atoms with Gasteiger partial charge in [-0.2, -0.15) is 5.10 Å². The topological polar surface area (TPSA) is 86.9 Å². The van der Waals surface area contributed by atoms with Crippen molar-refractivity contribution in [2.75, 3.05) is 5.73 Å². The normalized spacial score (nSPS) is 12.4. The van der Waals surface area contributed by atoms with Crippen LogP contribution in [0.15, 0.2) is 91.5 Å². The molecular weight excluding hydrogens is 410 g/mol. The molecule has 1 atom stereocenters. The Morgan fingerprint density at radius 3 is 2.52 bits per heavy atom. The van der Waals surface area contributed by atoms with Gasteiger partial charge in [-0.05, 0) is 37.3 Å².